The van der Waals surface area contributed by atoms with Gasteiger partial charge in [0.1, 0.15) is 0 Å². The van der Waals surface area contributed by atoms with Gasteiger partial charge in [-0.25, -0.2) is 0 Å². The van der Waals surface area contributed by atoms with Crippen molar-refractivity contribution in [3.8, 4) is 0 Å². The molecule has 1 aromatic heterocycles. The highest BCUT2D eigenvalue weighted by atomic mass is 16.5. The Kier molecular flexibility index (Phi) is 8.77. The number of aryl methyl sites for hydroxylation is 1. The number of rotatable bonds is 10. The van der Waals surface area contributed by atoms with Crippen LogP contribution in [0, 0.1) is 0 Å². The first-order valence-electron chi connectivity index (χ1n) is 9.67. The van der Waals surface area contributed by atoms with Crippen LogP contribution in [-0.4, -0.2) is 40.8 Å². The number of aliphatic imine (C=N–C) groups is 1. The maximum atomic E-state index is 10.2. The molecular weight excluding hydrogens is 342 g/mol. The molecule has 0 aliphatic carbocycles. The Labute approximate surface area is 161 Å². The van der Waals surface area contributed by atoms with Gasteiger partial charge in [0.05, 0.1) is 6.10 Å². The van der Waals surface area contributed by atoms with E-state index >= 15 is 0 Å². The smallest absolute Gasteiger partial charge is 0.226 e. The summed E-state index contributed by atoms with van der Waals surface area (Å²) in [5.41, 5.74) is 0.932. The van der Waals surface area contributed by atoms with Gasteiger partial charge in [-0.3, -0.25) is 4.99 Å². The van der Waals surface area contributed by atoms with E-state index in [0.29, 0.717) is 25.4 Å². The van der Waals surface area contributed by atoms with Crippen LogP contribution in [0.5, 0.6) is 0 Å². The molecule has 2 aromatic rings. The topological polar surface area (TPSA) is 95.6 Å². The molecule has 0 radical (unpaired) electrons. The van der Waals surface area contributed by atoms with Crippen molar-refractivity contribution in [1.29, 1.82) is 0 Å². The van der Waals surface area contributed by atoms with Crippen molar-refractivity contribution in [2.24, 2.45) is 4.99 Å². The van der Waals surface area contributed by atoms with Gasteiger partial charge in [0.2, 0.25) is 5.89 Å². The summed E-state index contributed by atoms with van der Waals surface area (Å²) in [5.74, 6) is 2.45. The summed E-state index contributed by atoms with van der Waals surface area (Å²) in [6, 6.07) is 9.69. The summed E-state index contributed by atoms with van der Waals surface area (Å²) >= 11 is 0. The molecular formula is C20H31N5O2. The number of benzene rings is 1. The van der Waals surface area contributed by atoms with Crippen LogP contribution in [-0.2, 0) is 6.42 Å². The van der Waals surface area contributed by atoms with Gasteiger partial charge in [0.15, 0.2) is 11.8 Å². The van der Waals surface area contributed by atoms with Crippen LogP contribution in [0.15, 0.2) is 39.8 Å². The molecule has 0 bridgehead atoms. The third kappa shape index (κ3) is 7.38. The average Bonchev–Trinajstić information content (AvgIpc) is 3.15. The van der Waals surface area contributed by atoms with Gasteiger partial charge in [-0.1, -0.05) is 49.3 Å². The number of aliphatic hydroxyl groups is 1. The highest BCUT2D eigenvalue weighted by Crippen LogP contribution is 2.14. The third-order valence-corrected chi connectivity index (χ3v) is 4.06. The lowest BCUT2D eigenvalue weighted by Gasteiger charge is -2.14. The molecule has 7 nitrogen and oxygen atoms in total. The van der Waals surface area contributed by atoms with Gasteiger partial charge in [-0.15, -0.1) is 0 Å². The predicted molar refractivity (Wildman–Crippen MR) is 107 cm³/mol. The fraction of sp³-hybridized carbons (Fsp3) is 0.550. The summed E-state index contributed by atoms with van der Waals surface area (Å²) in [4.78, 5) is 8.94. The fourth-order valence-electron chi connectivity index (χ4n) is 2.54. The van der Waals surface area contributed by atoms with Gasteiger partial charge in [-0.2, -0.15) is 4.98 Å². The lowest BCUT2D eigenvalue weighted by molar-refractivity contribution is 0.168. The molecule has 0 aliphatic heterocycles. The lowest BCUT2D eigenvalue weighted by Crippen LogP contribution is -2.38. The van der Waals surface area contributed by atoms with E-state index in [9.17, 15) is 5.11 Å². The normalized spacial score (nSPS) is 13.0. The average molecular weight is 374 g/mol. The second kappa shape index (κ2) is 11.3. The monoisotopic (exact) mass is 373 g/mol. The molecule has 1 atom stereocenters. The minimum Gasteiger partial charge on any atom is -0.388 e. The standard InChI is InChI=1S/C20H31N5O2/c1-4-21-20(23-14-12-17(26)16-9-6-5-7-10-16)22-13-8-11-18-24-19(15(2)3)25-27-18/h5-7,9-10,15,17,26H,4,8,11-14H2,1-3H3,(H2,21,22,23). The zero-order chi connectivity index (χ0) is 19.5. The fourth-order valence-corrected chi connectivity index (χ4v) is 2.54. The molecule has 0 aliphatic rings. The van der Waals surface area contributed by atoms with Crippen molar-refractivity contribution in [3.63, 3.8) is 0 Å². The Morgan fingerprint density at radius 2 is 2.00 bits per heavy atom. The van der Waals surface area contributed by atoms with Gasteiger partial charge >= 0.3 is 0 Å². The minimum atomic E-state index is -0.478. The number of hydrogen-bond acceptors (Lipinski definition) is 5. The number of aliphatic hydroxyl groups excluding tert-OH is 1. The van der Waals surface area contributed by atoms with Gasteiger partial charge in [0, 0.05) is 32.0 Å². The highest BCUT2D eigenvalue weighted by Gasteiger charge is 2.09. The molecule has 27 heavy (non-hydrogen) atoms. The van der Waals surface area contributed by atoms with Crippen molar-refractivity contribution in [3.05, 3.63) is 47.6 Å². The van der Waals surface area contributed by atoms with Crippen LogP contribution in [0.4, 0.5) is 0 Å². The second-order valence-corrected chi connectivity index (χ2v) is 6.71. The van der Waals surface area contributed by atoms with Crippen molar-refractivity contribution in [2.75, 3.05) is 19.6 Å². The summed E-state index contributed by atoms with van der Waals surface area (Å²) in [5, 5.41) is 20.7. The molecule has 0 saturated carbocycles. The second-order valence-electron chi connectivity index (χ2n) is 6.71. The Morgan fingerprint density at radius 3 is 2.67 bits per heavy atom. The molecule has 0 saturated heterocycles. The summed E-state index contributed by atoms with van der Waals surface area (Å²) in [7, 11) is 0. The number of nitrogens with zero attached hydrogens (tertiary/aromatic N) is 3. The molecule has 1 unspecified atom stereocenters. The van der Waals surface area contributed by atoms with Crippen molar-refractivity contribution >= 4 is 5.96 Å². The van der Waals surface area contributed by atoms with E-state index in [1.54, 1.807) is 0 Å². The zero-order valence-corrected chi connectivity index (χ0v) is 16.5. The largest absolute Gasteiger partial charge is 0.388 e. The van der Waals surface area contributed by atoms with E-state index in [-0.39, 0.29) is 5.92 Å². The van der Waals surface area contributed by atoms with E-state index in [1.807, 2.05) is 51.1 Å². The van der Waals surface area contributed by atoms with Crippen LogP contribution >= 0.6 is 0 Å². The first-order valence-corrected chi connectivity index (χ1v) is 9.67. The first kappa shape index (κ1) is 20.9. The first-order chi connectivity index (χ1) is 13.1. The van der Waals surface area contributed by atoms with E-state index in [1.165, 1.54) is 0 Å². The molecule has 1 aromatic carbocycles. The maximum absolute atomic E-state index is 10.2. The van der Waals surface area contributed by atoms with Crippen molar-refractivity contribution in [2.45, 2.75) is 52.1 Å². The lowest BCUT2D eigenvalue weighted by atomic mass is 10.1. The molecule has 1 heterocycles. The number of hydrogen-bond donors (Lipinski definition) is 3. The van der Waals surface area contributed by atoms with Crippen molar-refractivity contribution < 1.29 is 9.63 Å². The van der Waals surface area contributed by atoms with E-state index in [4.69, 9.17) is 4.52 Å². The van der Waals surface area contributed by atoms with E-state index < -0.39 is 6.10 Å². The third-order valence-electron chi connectivity index (χ3n) is 4.06. The van der Waals surface area contributed by atoms with Gasteiger partial charge in [0.25, 0.3) is 0 Å². The summed E-state index contributed by atoms with van der Waals surface area (Å²) in [6.45, 7) is 8.21. The molecule has 0 spiro atoms. The van der Waals surface area contributed by atoms with Crippen LogP contribution in [0.1, 0.15) is 62.9 Å². The molecule has 0 amide bonds. The Bertz CT molecular complexity index is 685. The van der Waals surface area contributed by atoms with Crippen LogP contribution in [0.3, 0.4) is 0 Å². The summed E-state index contributed by atoms with van der Waals surface area (Å²) < 4.78 is 5.25. The van der Waals surface area contributed by atoms with Gasteiger partial charge < -0.3 is 20.3 Å². The van der Waals surface area contributed by atoms with E-state index in [2.05, 4.69) is 25.8 Å². The molecule has 0 fully saturated rings. The van der Waals surface area contributed by atoms with Gasteiger partial charge in [-0.05, 0) is 25.3 Å². The maximum Gasteiger partial charge on any atom is 0.226 e. The van der Waals surface area contributed by atoms with Crippen LogP contribution < -0.4 is 10.6 Å². The number of aromatic nitrogens is 2. The molecule has 148 valence electrons. The van der Waals surface area contributed by atoms with E-state index in [0.717, 1.165) is 36.7 Å². The SMILES string of the molecule is CCNC(=NCCCc1nc(C(C)C)no1)NCCC(O)c1ccccc1. The molecule has 3 N–H and O–H groups in total. The van der Waals surface area contributed by atoms with Crippen molar-refractivity contribution in [1.82, 2.24) is 20.8 Å². The zero-order valence-electron chi connectivity index (χ0n) is 16.5. The van der Waals surface area contributed by atoms with Crippen LogP contribution in [0.2, 0.25) is 0 Å². The minimum absolute atomic E-state index is 0.274. The Hall–Kier alpha value is -2.41. The quantitative estimate of drug-likeness (QED) is 0.337. The predicted octanol–water partition coefficient (Wildman–Crippen LogP) is 2.80. The summed E-state index contributed by atoms with van der Waals surface area (Å²) in [6.07, 6.45) is 1.70. The molecule has 2 rings (SSSR count). The number of nitrogens with one attached hydrogen (secondary N) is 2. The molecule has 7 heteroatoms. The Morgan fingerprint density at radius 1 is 1.22 bits per heavy atom. The number of guanidine groups is 1. The highest BCUT2D eigenvalue weighted by molar-refractivity contribution is 5.79. The van der Waals surface area contributed by atoms with Crippen LogP contribution in [0.25, 0.3) is 0 Å². The Balaban J connectivity index is 1.72.